The highest BCUT2D eigenvalue weighted by atomic mass is 19.4. The molecule has 0 aliphatic rings. The van der Waals surface area contributed by atoms with Gasteiger partial charge in [-0.15, -0.1) is 0 Å². The van der Waals surface area contributed by atoms with Gasteiger partial charge in [-0.1, -0.05) is 18.2 Å². The summed E-state index contributed by atoms with van der Waals surface area (Å²) in [5, 5.41) is 11.1. The average Bonchev–Trinajstić information content (AvgIpc) is 3.33. The summed E-state index contributed by atoms with van der Waals surface area (Å²) in [7, 11) is 0. The zero-order chi connectivity index (χ0) is 50.2. The quantitative estimate of drug-likeness (QED) is 0.0972. The molecule has 8 aromatic rings. The molecule has 356 valence electrons. The van der Waals surface area contributed by atoms with Crippen LogP contribution in [0.5, 0.6) is 0 Å². The average molecular weight is 967 g/mol. The Bertz CT molecular complexity index is 3120. The van der Waals surface area contributed by atoms with Crippen molar-refractivity contribution in [1.82, 2.24) is 29.9 Å². The second-order valence-electron chi connectivity index (χ2n) is 15.1. The second kappa shape index (κ2) is 20.6. The molecule has 4 aromatic heterocycles. The van der Waals surface area contributed by atoms with Crippen LogP contribution in [0.1, 0.15) is 48.5 Å². The van der Waals surface area contributed by atoms with Crippen molar-refractivity contribution in [3.05, 3.63) is 191 Å². The van der Waals surface area contributed by atoms with Crippen LogP contribution in [-0.2, 0) is 18.5 Å². The van der Waals surface area contributed by atoms with Crippen molar-refractivity contribution in [3.8, 4) is 22.5 Å². The van der Waals surface area contributed by atoms with Gasteiger partial charge in [-0.05, 0) is 122 Å². The van der Waals surface area contributed by atoms with Gasteiger partial charge in [-0.25, -0.2) is 19.9 Å². The standard InChI is InChI=1S/C25H17F6N5O.C24H18F3N5O/c1-14-4-5-19(12-21(14)36-23-33-8-6-20(35-23)15-3-2-7-32-13-15)34-22(37)16-9-17(24(26,27)28)11-18(10-16)25(29,30)31;1-15-7-8-19(30-22(33)16-4-2-6-18(12-16)24(25,26)27)13-21(15)32-23-29-11-9-20(31-23)17-5-3-10-28-14-17/h2-13H,1H3,(H,34,37)(H,33,35,36);2-14H,1H3,(H,30,33)(H,29,31,32). The molecule has 2 amide bonds. The molecule has 8 rings (SSSR count). The first-order valence-electron chi connectivity index (χ1n) is 20.5. The van der Waals surface area contributed by atoms with E-state index in [0.29, 0.717) is 52.1 Å². The van der Waals surface area contributed by atoms with Gasteiger partial charge in [0.2, 0.25) is 11.9 Å². The topological polar surface area (TPSA) is 160 Å². The molecule has 4 aromatic carbocycles. The monoisotopic (exact) mass is 966 g/mol. The predicted octanol–water partition coefficient (Wildman–Crippen LogP) is 12.7. The number of amides is 2. The maximum Gasteiger partial charge on any atom is 0.416 e. The molecule has 0 unspecified atom stereocenters. The van der Waals surface area contributed by atoms with E-state index in [1.807, 2.05) is 25.1 Å². The molecule has 0 spiro atoms. The first-order chi connectivity index (χ1) is 33.2. The molecule has 0 aliphatic carbocycles. The largest absolute Gasteiger partial charge is 0.416 e. The van der Waals surface area contributed by atoms with Crippen molar-refractivity contribution in [1.29, 1.82) is 0 Å². The summed E-state index contributed by atoms with van der Waals surface area (Å²) in [4.78, 5) is 50.6. The minimum Gasteiger partial charge on any atom is -0.324 e. The van der Waals surface area contributed by atoms with Crippen molar-refractivity contribution in [2.45, 2.75) is 32.4 Å². The number of benzene rings is 4. The van der Waals surface area contributed by atoms with Gasteiger partial charge in [-0.2, -0.15) is 39.5 Å². The lowest BCUT2D eigenvalue weighted by Gasteiger charge is -2.15. The SMILES string of the molecule is Cc1ccc(NC(=O)c2cc(C(F)(F)F)cc(C(F)(F)F)c2)cc1Nc1nccc(-c2cccnc2)n1.Cc1ccc(NC(=O)c2cccc(C(F)(F)F)c2)cc1Nc1nccc(-c2cccnc2)n1. The number of alkyl halides is 9. The normalized spacial score (nSPS) is 11.5. The molecule has 0 aliphatic heterocycles. The van der Waals surface area contributed by atoms with Crippen molar-refractivity contribution in [2.24, 2.45) is 0 Å². The third-order valence-electron chi connectivity index (χ3n) is 10.0. The molecular weight excluding hydrogens is 932 g/mol. The van der Waals surface area contributed by atoms with Crippen LogP contribution in [0.4, 0.5) is 74.2 Å². The van der Waals surface area contributed by atoms with Crippen LogP contribution in [0.3, 0.4) is 0 Å². The smallest absolute Gasteiger partial charge is 0.324 e. The third kappa shape index (κ3) is 12.8. The summed E-state index contributed by atoms with van der Waals surface area (Å²) < 4.78 is 118. The zero-order valence-electron chi connectivity index (χ0n) is 36.3. The van der Waals surface area contributed by atoms with Gasteiger partial charge in [0, 0.05) is 82.2 Å². The number of aromatic nitrogens is 6. The minimum absolute atomic E-state index is 0.0374. The fourth-order valence-electron chi connectivity index (χ4n) is 6.43. The summed E-state index contributed by atoms with van der Waals surface area (Å²) in [6.45, 7) is 3.62. The van der Waals surface area contributed by atoms with E-state index in [1.165, 1.54) is 30.5 Å². The summed E-state index contributed by atoms with van der Waals surface area (Å²) >= 11 is 0. The number of hydrogen-bond acceptors (Lipinski definition) is 10. The zero-order valence-corrected chi connectivity index (χ0v) is 36.3. The Labute approximate surface area is 392 Å². The van der Waals surface area contributed by atoms with Crippen LogP contribution < -0.4 is 21.3 Å². The fourth-order valence-corrected chi connectivity index (χ4v) is 6.43. The maximum atomic E-state index is 13.1. The van der Waals surface area contributed by atoms with Crippen LogP contribution in [-0.4, -0.2) is 41.7 Å². The molecule has 21 heteroatoms. The summed E-state index contributed by atoms with van der Waals surface area (Å²) in [5.74, 6) is -1.21. The lowest BCUT2D eigenvalue weighted by atomic mass is 10.0. The highest BCUT2D eigenvalue weighted by Crippen LogP contribution is 2.37. The van der Waals surface area contributed by atoms with Crippen LogP contribution in [0, 0.1) is 13.8 Å². The van der Waals surface area contributed by atoms with E-state index in [0.717, 1.165) is 28.8 Å². The molecule has 0 saturated heterocycles. The number of nitrogens with one attached hydrogen (secondary N) is 4. The van der Waals surface area contributed by atoms with Gasteiger partial charge in [0.1, 0.15) is 0 Å². The second-order valence-corrected chi connectivity index (χ2v) is 15.1. The number of pyridine rings is 2. The minimum atomic E-state index is -5.07. The molecule has 12 nitrogen and oxygen atoms in total. The number of aryl methyl sites for hydroxylation is 2. The molecule has 0 fully saturated rings. The lowest BCUT2D eigenvalue weighted by Crippen LogP contribution is -2.17. The Hall–Kier alpha value is -8.75. The number of hydrogen-bond donors (Lipinski definition) is 4. The summed E-state index contributed by atoms with van der Waals surface area (Å²) in [5.41, 5.74) is 1.17. The molecule has 0 atom stereocenters. The molecule has 0 radical (unpaired) electrons. The van der Waals surface area contributed by atoms with Crippen molar-refractivity contribution < 1.29 is 49.1 Å². The van der Waals surface area contributed by atoms with Crippen molar-refractivity contribution >= 4 is 46.5 Å². The van der Waals surface area contributed by atoms with Gasteiger partial charge in [-0.3, -0.25) is 19.6 Å². The highest BCUT2D eigenvalue weighted by Gasteiger charge is 2.37. The van der Waals surface area contributed by atoms with E-state index in [2.05, 4.69) is 51.2 Å². The molecule has 0 saturated carbocycles. The lowest BCUT2D eigenvalue weighted by molar-refractivity contribution is -0.143. The Kier molecular flexibility index (Phi) is 14.5. The first kappa shape index (κ1) is 49.2. The fraction of sp³-hybridized carbons (Fsp3) is 0.102. The van der Waals surface area contributed by atoms with Crippen LogP contribution in [0.2, 0.25) is 0 Å². The van der Waals surface area contributed by atoms with Gasteiger partial charge >= 0.3 is 18.5 Å². The molecule has 4 heterocycles. The van der Waals surface area contributed by atoms with E-state index >= 15 is 0 Å². The number of carbonyl (C=O) groups excluding carboxylic acids is 2. The Morgan fingerprint density at radius 1 is 0.457 bits per heavy atom. The Morgan fingerprint density at radius 2 is 0.900 bits per heavy atom. The van der Waals surface area contributed by atoms with Crippen LogP contribution in [0.25, 0.3) is 22.5 Å². The van der Waals surface area contributed by atoms with Crippen LogP contribution >= 0.6 is 0 Å². The highest BCUT2D eigenvalue weighted by molar-refractivity contribution is 6.05. The summed E-state index contributed by atoms with van der Waals surface area (Å²) in [6, 6.07) is 25.3. The number of anilines is 6. The number of rotatable bonds is 10. The third-order valence-corrected chi connectivity index (χ3v) is 10.0. The number of nitrogens with zero attached hydrogens (tertiary/aromatic N) is 6. The van der Waals surface area contributed by atoms with E-state index in [9.17, 15) is 49.1 Å². The van der Waals surface area contributed by atoms with E-state index < -0.39 is 52.6 Å². The van der Waals surface area contributed by atoms with Gasteiger partial charge < -0.3 is 21.3 Å². The van der Waals surface area contributed by atoms with E-state index in [4.69, 9.17) is 0 Å². The number of halogens is 9. The Balaban J connectivity index is 0.000000208. The number of carbonyl (C=O) groups is 2. The molecule has 0 bridgehead atoms. The van der Waals surface area contributed by atoms with Crippen molar-refractivity contribution in [3.63, 3.8) is 0 Å². The maximum absolute atomic E-state index is 13.1. The van der Waals surface area contributed by atoms with Gasteiger partial charge in [0.15, 0.2) is 0 Å². The molecular formula is C49H35F9N10O2. The van der Waals surface area contributed by atoms with Gasteiger partial charge in [0.25, 0.3) is 11.8 Å². The predicted molar refractivity (Wildman–Crippen MR) is 243 cm³/mol. The van der Waals surface area contributed by atoms with E-state index in [-0.39, 0.29) is 23.3 Å². The van der Waals surface area contributed by atoms with Crippen molar-refractivity contribution in [2.75, 3.05) is 21.3 Å². The first-order valence-corrected chi connectivity index (χ1v) is 20.5. The van der Waals surface area contributed by atoms with Gasteiger partial charge in [0.05, 0.1) is 28.1 Å². The summed E-state index contributed by atoms with van der Waals surface area (Å²) in [6.07, 6.45) is -4.89. The molecule has 4 N–H and O–H groups in total. The van der Waals surface area contributed by atoms with E-state index in [1.54, 1.807) is 80.4 Å². The van der Waals surface area contributed by atoms with Crippen LogP contribution in [0.15, 0.2) is 152 Å². The Morgan fingerprint density at radius 3 is 1.33 bits per heavy atom. The molecule has 70 heavy (non-hydrogen) atoms.